The third-order valence-electron chi connectivity index (χ3n) is 2.55. The second-order valence-corrected chi connectivity index (χ2v) is 4.65. The molecule has 0 aromatic heterocycles. The predicted molar refractivity (Wildman–Crippen MR) is 77.0 cm³/mol. The number of halogens is 2. The first kappa shape index (κ1) is 13.0. The largest absolute Gasteiger partial charge is 0.504 e. The first-order valence-corrected chi connectivity index (χ1v) is 6.21. The second-order valence-electron chi connectivity index (χ2n) is 3.78. The van der Waals surface area contributed by atoms with Gasteiger partial charge in [0.2, 0.25) is 0 Å². The normalized spacial score (nSPS) is 9.94. The highest BCUT2D eigenvalue weighted by Gasteiger charge is 2.05. The molecule has 18 heavy (non-hydrogen) atoms. The first-order chi connectivity index (χ1) is 8.70. The fraction of sp³-hybridized carbons (Fsp3) is 0.0667. The van der Waals surface area contributed by atoms with Crippen molar-refractivity contribution >= 4 is 28.8 Å². The van der Waals surface area contributed by atoms with Gasteiger partial charge >= 0.3 is 0 Å². The monoisotopic (exact) mass is 278 g/mol. The van der Waals surface area contributed by atoms with Gasteiger partial charge in [-0.3, -0.25) is 0 Å². The number of benzene rings is 2. The molecular formula is C15H12Cl2O. The molecule has 0 unspecified atom stereocenters. The minimum Gasteiger partial charge on any atom is -0.504 e. The molecule has 0 heterocycles. The summed E-state index contributed by atoms with van der Waals surface area (Å²) in [6.07, 6.45) is 1.71. The molecule has 0 amide bonds. The molecule has 0 N–H and O–H groups in total. The first-order valence-electron chi connectivity index (χ1n) is 5.45. The van der Waals surface area contributed by atoms with E-state index in [1.807, 2.05) is 48.5 Å². The highest BCUT2D eigenvalue weighted by molar-refractivity contribution is 6.30. The van der Waals surface area contributed by atoms with Crippen LogP contribution >= 0.6 is 23.2 Å². The molecule has 0 radical (unpaired) electrons. The van der Waals surface area contributed by atoms with Crippen molar-refractivity contribution in [2.45, 2.75) is 0 Å². The van der Waals surface area contributed by atoms with Crippen molar-refractivity contribution in [1.82, 2.24) is 0 Å². The van der Waals surface area contributed by atoms with Crippen LogP contribution < -0.4 is 0 Å². The van der Waals surface area contributed by atoms with Crippen molar-refractivity contribution in [3.05, 3.63) is 76.0 Å². The van der Waals surface area contributed by atoms with Gasteiger partial charge in [-0.2, -0.15) is 0 Å². The lowest BCUT2D eigenvalue weighted by molar-refractivity contribution is 0.340. The zero-order valence-corrected chi connectivity index (χ0v) is 11.4. The number of hydrogen-bond donors (Lipinski definition) is 0. The Morgan fingerprint density at radius 2 is 1.22 bits per heavy atom. The summed E-state index contributed by atoms with van der Waals surface area (Å²) in [6, 6.07) is 15.3. The van der Waals surface area contributed by atoms with Gasteiger partial charge in [0, 0.05) is 15.6 Å². The molecule has 1 nitrogen and oxygen atoms in total. The SMILES string of the molecule is COC=C(c1ccc(Cl)cc1)c1ccc(Cl)cc1. The maximum atomic E-state index is 5.89. The van der Waals surface area contributed by atoms with E-state index in [4.69, 9.17) is 27.9 Å². The summed E-state index contributed by atoms with van der Waals surface area (Å²) in [6.45, 7) is 0. The Kier molecular flexibility index (Phi) is 4.29. The summed E-state index contributed by atoms with van der Waals surface area (Å²) in [5, 5.41) is 1.43. The number of ether oxygens (including phenoxy) is 1. The summed E-state index contributed by atoms with van der Waals surface area (Å²) in [5.41, 5.74) is 3.08. The van der Waals surface area contributed by atoms with Gasteiger partial charge in [-0.05, 0) is 35.4 Å². The molecule has 0 aliphatic rings. The minimum absolute atomic E-state index is 0.714. The Hall–Kier alpha value is -1.44. The Bertz CT molecular complexity index is 494. The number of rotatable bonds is 3. The van der Waals surface area contributed by atoms with Crippen LogP contribution in [0.25, 0.3) is 5.57 Å². The van der Waals surface area contributed by atoms with Gasteiger partial charge in [-0.1, -0.05) is 47.5 Å². The Labute approximate surface area is 117 Å². The Morgan fingerprint density at radius 1 is 0.833 bits per heavy atom. The van der Waals surface area contributed by atoms with Gasteiger partial charge in [0.1, 0.15) is 0 Å². The van der Waals surface area contributed by atoms with Crippen LogP contribution in [0, 0.1) is 0 Å². The van der Waals surface area contributed by atoms with E-state index in [9.17, 15) is 0 Å². The lowest BCUT2D eigenvalue weighted by Crippen LogP contribution is -1.89. The van der Waals surface area contributed by atoms with Gasteiger partial charge in [-0.25, -0.2) is 0 Å². The molecule has 0 aliphatic carbocycles. The van der Waals surface area contributed by atoms with Crippen molar-refractivity contribution in [3.63, 3.8) is 0 Å². The molecule has 2 rings (SSSR count). The van der Waals surface area contributed by atoms with E-state index < -0.39 is 0 Å². The summed E-state index contributed by atoms with van der Waals surface area (Å²) in [7, 11) is 1.63. The number of hydrogen-bond acceptors (Lipinski definition) is 1. The van der Waals surface area contributed by atoms with Crippen molar-refractivity contribution in [2.24, 2.45) is 0 Å². The average Bonchev–Trinajstić information content (AvgIpc) is 2.39. The molecule has 0 atom stereocenters. The third kappa shape index (κ3) is 3.06. The van der Waals surface area contributed by atoms with Crippen LogP contribution in [0.15, 0.2) is 54.8 Å². The molecule has 0 saturated heterocycles. The van der Waals surface area contributed by atoms with Gasteiger partial charge in [-0.15, -0.1) is 0 Å². The molecule has 92 valence electrons. The van der Waals surface area contributed by atoms with Gasteiger partial charge in [0.25, 0.3) is 0 Å². The summed E-state index contributed by atoms with van der Waals surface area (Å²) in [4.78, 5) is 0. The lowest BCUT2D eigenvalue weighted by Gasteiger charge is -2.08. The molecule has 3 heteroatoms. The predicted octanol–water partition coefficient (Wildman–Crippen LogP) is 5.03. The molecular weight excluding hydrogens is 267 g/mol. The topological polar surface area (TPSA) is 9.23 Å². The highest BCUT2D eigenvalue weighted by atomic mass is 35.5. The van der Waals surface area contributed by atoms with Crippen molar-refractivity contribution in [3.8, 4) is 0 Å². The van der Waals surface area contributed by atoms with Crippen LogP contribution in [0.4, 0.5) is 0 Å². The second kappa shape index (κ2) is 5.94. The molecule has 0 saturated carbocycles. The molecule has 2 aromatic carbocycles. The van der Waals surface area contributed by atoms with Crippen LogP contribution in [-0.2, 0) is 4.74 Å². The lowest BCUT2D eigenvalue weighted by atomic mass is 9.99. The molecule has 0 spiro atoms. The zero-order chi connectivity index (χ0) is 13.0. The van der Waals surface area contributed by atoms with E-state index >= 15 is 0 Å². The van der Waals surface area contributed by atoms with E-state index in [1.165, 1.54) is 0 Å². The third-order valence-corrected chi connectivity index (χ3v) is 3.05. The van der Waals surface area contributed by atoms with E-state index in [1.54, 1.807) is 13.4 Å². The van der Waals surface area contributed by atoms with E-state index in [0.29, 0.717) is 10.0 Å². The van der Waals surface area contributed by atoms with E-state index in [-0.39, 0.29) is 0 Å². The maximum absolute atomic E-state index is 5.89. The van der Waals surface area contributed by atoms with Gasteiger partial charge < -0.3 is 4.74 Å². The minimum atomic E-state index is 0.714. The standard InChI is InChI=1S/C15H12Cl2O/c1-18-10-15(11-2-6-13(16)7-3-11)12-4-8-14(17)9-5-12/h2-10H,1H3. The molecule has 0 aliphatic heterocycles. The van der Waals surface area contributed by atoms with Gasteiger partial charge in [0.15, 0.2) is 0 Å². The van der Waals surface area contributed by atoms with Crippen molar-refractivity contribution in [2.75, 3.05) is 7.11 Å². The fourth-order valence-corrected chi connectivity index (χ4v) is 1.93. The van der Waals surface area contributed by atoms with Crippen LogP contribution in [0.5, 0.6) is 0 Å². The average molecular weight is 279 g/mol. The Morgan fingerprint density at radius 3 is 1.56 bits per heavy atom. The molecule has 2 aromatic rings. The van der Waals surface area contributed by atoms with Crippen molar-refractivity contribution < 1.29 is 4.74 Å². The van der Waals surface area contributed by atoms with E-state index in [2.05, 4.69) is 0 Å². The quantitative estimate of drug-likeness (QED) is 0.716. The highest BCUT2D eigenvalue weighted by Crippen LogP contribution is 2.25. The molecule has 0 bridgehead atoms. The van der Waals surface area contributed by atoms with Crippen LogP contribution in [0.3, 0.4) is 0 Å². The maximum Gasteiger partial charge on any atom is 0.0909 e. The Balaban J connectivity index is 2.43. The number of methoxy groups -OCH3 is 1. The van der Waals surface area contributed by atoms with E-state index in [0.717, 1.165) is 16.7 Å². The smallest absolute Gasteiger partial charge is 0.0909 e. The summed E-state index contributed by atoms with van der Waals surface area (Å²) in [5.74, 6) is 0. The zero-order valence-electron chi connectivity index (χ0n) is 9.86. The fourth-order valence-electron chi connectivity index (χ4n) is 1.68. The summed E-state index contributed by atoms with van der Waals surface area (Å²) < 4.78 is 5.15. The van der Waals surface area contributed by atoms with Crippen molar-refractivity contribution in [1.29, 1.82) is 0 Å². The molecule has 0 fully saturated rings. The summed E-state index contributed by atoms with van der Waals surface area (Å²) >= 11 is 11.8. The van der Waals surface area contributed by atoms with Gasteiger partial charge in [0.05, 0.1) is 13.4 Å². The van der Waals surface area contributed by atoms with Crippen LogP contribution in [-0.4, -0.2) is 7.11 Å². The van der Waals surface area contributed by atoms with Crippen LogP contribution in [0.1, 0.15) is 11.1 Å². The van der Waals surface area contributed by atoms with Crippen LogP contribution in [0.2, 0.25) is 10.0 Å².